The molecule has 3 atom stereocenters. The zero-order valence-corrected chi connectivity index (χ0v) is 11.0. The van der Waals surface area contributed by atoms with E-state index in [0.29, 0.717) is 13.0 Å². The van der Waals surface area contributed by atoms with Crippen LogP contribution in [0.4, 0.5) is 4.79 Å². The molecule has 0 spiro atoms. The highest BCUT2D eigenvalue weighted by atomic mass is 16.6. The number of fused-ring (bicyclic) bond motifs is 1. The van der Waals surface area contributed by atoms with Gasteiger partial charge in [-0.3, -0.25) is 9.69 Å². The normalized spacial score (nSPS) is 31.9. The predicted octanol–water partition coefficient (Wildman–Crippen LogP) is 0.103. The topological polar surface area (TPSA) is 78.9 Å². The molecule has 0 aromatic rings. The van der Waals surface area contributed by atoms with E-state index in [2.05, 4.69) is 5.32 Å². The number of nitrogens with one attached hydrogen (secondary N) is 1. The molecule has 0 aliphatic carbocycles. The van der Waals surface area contributed by atoms with Gasteiger partial charge in [0.15, 0.2) is 0 Å². The van der Waals surface area contributed by atoms with Gasteiger partial charge in [-0.05, 0) is 27.2 Å². The van der Waals surface area contributed by atoms with Gasteiger partial charge in [-0.15, -0.1) is 0 Å². The van der Waals surface area contributed by atoms with Crippen LogP contribution in [0.15, 0.2) is 0 Å². The van der Waals surface area contributed by atoms with Crippen LogP contribution in [0.25, 0.3) is 0 Å². The van der Waals surface area contributed by atoms with Crippen LogP contribution >= 0.6 is 0 Å². The van der Waals surface area contributed by atoms with Gasteiger partial charge in [-0.25, -0.2) is 4.79 Å². The molecule has 6 heteroatoms. The van der Waals surface area contributed by atoms with E-state index in [1.54, 1.807) is 20.8 Å². The Labute approximate surface area is 106 Å². The highest BCUT2D eigenvalue weighted by molar-refractivity contribution is 5.88. The van der Waals surface area contributed by atoms with E-state index in [1.807, 2.05) is 0 Å². The summed E-state index contributed by atoms with van der Waals surface area (Å²) in [6.07, 6.45) is -0.581. The molecule has 2 fully saturated rings. The number of likely N-dealkylation sites (tertiary alicyclic amines) is 1. The lowest BCUT2D eigenvalue weighted by Gasteiger charge is -2.38. The van der Waals surface area contributed by atoms with Crippen molar-refractivity contribution >= 4 is 12.0 Å². The summed E-state index contributed by atoms with van der Waals surface area (Å²) in [5.74, 6) is -0.175. The molecule has 0 unspecified atom stereocenters. The lowest BCUT2D eigenvalue weighted by atomic mass is 9.90. The minimum atomic E-state index is -0.607. The number of carbonyl (C=O) groups is 2. The van der Waals surface area contributed by atoms with Crippen LogP contribution in [0.5, 0.6) is 0 Å². The number of aliphatic hydroxyl groups is 1. The van der Waals surface area contributed by atoms with Crippen molar-refractivity contribution in [3.8, 4) is 0 Å². The number of aliphatic hydroxyl groups excluding tert-OH is 1. The van der Waals surface area contributed by atoms with E-state index in [9.17, 15) is 14.7 Å². The first-order valence-corrected chi connectivity index (χ1v) is 6.23. The minimum absolute atomic E-state index is 0.0197. The molecule has 0 saturated carbocycles. The van der Waals surface area contributed by atoms with Crippen molar-refractivity contribution < 1.29 is 19.4 Å². The molecule has 2 N–H and O–H groups in total. The molecule has 0 aromatic carbocycles. The Hall–Kier alpha value is -1.30. The Balaban J connectivity index is 2.14. The number of amides is 2. The van der Waals surface area contributed by atoms with Gasteiger partial charge in [0.05, 0.1) is 12.6 Å². The lowest BCUT2D eigenvalue weighted by Crippen LogP contribution is -2.55. The van der Waals surface area contributed by atoms with Gasteiger partial charge in [0.1, 0.15) is 11.6 Å². The number of nitrogens with zero attached hydrogens (tertiary/aromatic N) is 1. The molecule has 2 amide bonds. The second kappa shape index (κ2) is 4.42. The molecule has 102 valence electrons. The Kier molecular flexibility index (Phi) is 3.23. The van der Waals surface area contributed by atoms with Crippen LogP contribution in [-0.2, 0) is 9.53 Å². The Morgan fingerprint density at radius 1 is 1.50 bits per heavy atom. The standard InChI is InChI=1S/C12H20N2O4/c1-12(2,3)18-11(17)14-6-8(15)4-7-5-13-10(16)9(7)14/h7-9,15H,4-6H2,1-3H3,(H,13,16)/t7-,8+,9-/m0/s1. The monoisotopic (exact) mass is 256 g/mol. The highest BCUT2D eigenvalue weighted by Gasteiger charge is 2.47. The molecule has 2 aliphatic rings. The molecule has 0 bridgehead atoms. The molecule has 2 saturated heterocycles. The molecule has 2 aliphatic heterocycles. The van der Waals surface area contributed by atoms with E-state index in [-0.39, 0.29) is 18.4 Å². The van der Waals surface area contributed by atoms with Gasteiger partial charge in [-0.2, -0.15) is 0 Å². The Morgan fingerprint density at radius 3 is 2.78 bits per heavy atom. The first-order chi connectivity index (χ1) is 8.28. The average molecular weight is 256 g/mol. The molecule has 18 heavy (non-hydrogen) atoms. The lowest BCUT2D eigenvalue weighted by molar-refractivity contribution is -0.126. The van der Waals surface area contributed by atoms with E-state index in [1.165, 1.54) is 4.90 Å². The molecular formula is C12H20N2O4. The summed E-state index contributed by atoms with van der Waals surface area (Å²) in [5, 5.41) is 12.5. The van der Waals surface area contributed by atoms with E-state index in [0.717, 1.165) is 0 Å². The van der Waals surface area contributed by atoms with Crippen molar-refractivity contribution in [1.29, 1.82) is 0 Å². The number of piperidine rings is 1. The summed E-state index contributed by atoms with van der Waals surface area (Å²) in [7, 11) is 0. The summed E-state index contributed by atoms with van der Waals surface area (Å²) < 4.78 is 5.28. The third kappa shape index (κ3) is 2.58. The number of ether oxygens (including phenoxy) is 1. The highest BCUT2D eigenvalue weighted by Crippen LogP contribution is 2.28. The summed E-state index contributed by atoms with van der Waals surface area (Å²) >= 11 is 0. The van der Waals surface area contributed by atoms with Crippen LogP contribution < -0.4 is 5.32 Å². The van der Waals surface area contributed by atoms with Crippen LogP contribution in [0, 0.1) is 5.92 Å². The molecule has 0 aromatic heterocycles. The van der Waals surface area contributed by atoms with E-state index in [4.69, 9.17) is 4.74 Å². The maximum atomic E-state index is 12.1. The maximum Gasteiger partial charge on any atom is 0.411 e. The van der Waals surface area contributed by atoms with E-state index >= 15 is 0 Å². The zero-order valence-electron chi connectivity index (χ0n) is 11.0. The van der Waals surface area contributed by atoms with Crippen molar-refractivity contribution in [3.05, 3.63) is 0 Å². The van der Waals surface area contributed by atoms with Gasteiger partial charge in [-0.1, -0.05) is 0 Å². The minimum Gasteiger partial charge on any atom is -0.444 e. The van der Waals surface area contributed by atoms with Crippen molar-refractivity contribution in [1.82, 2.24) is 10.2 Å². The number of β-amino-alcohol motifs (C(OH)–C–C–N with tert-alkyl or cyclic N) is 1. The largest absolute Gasteiger partial charge is 0.444 e. The van der Waals surface area contributed by atoms with Gasteiger partial charge in [0.25, 0.3) is 0 Å². The molecule has 2 rings (SSSR count). The third-order valence-electron chi connectivity index (χ3n) is 3.20. The number of hydrogen-bond acceptors (Lipinski definition) is 4. The summed E-state index contributed by atoms with van der Waals surface area (Å²) in [6, 6.07) is -0.497. The van der Waals surface area contributed by atoms with Crippen LogP contribution in [0.2, 0.25) is 0 Å². The molecule has 6 nitrogen and oxygen atoms in total. The van der Waals surface area contributed by atoms with Crippen molar-refractivity contribution in [3.63, 3.8) is 0 Å². The fraction of sp³-hybridized carbons (Fsp3) is 0.833. The van der Waals surface area contributed by atoms with Gasteiger partial charge < -0.3 is 15.2 Å². The van der Waals surface area contributed by atoms with E-state index < -0.39 is 23.8 Å². The maximum absolute atomic E-state index is 12.1. The molecular weight excluding hydrogens is 236 g/mol. The first kappa shape index (κ1) is 13.1. The zero-order chi connectivity index (χ0) is 13.5. The molecule has 0 radical (unpaired) electrons. The second-order valence-corrected chi connectivity index (χ2v) is 5.97. The number of carbonyl (C=O) groups excluding carboxylic acids is 2. The average Bonchev–Trinajstić information content (AvgIpc) is 2.56. The fourth-order valence-electron chi connectivity index (χ4n) is 2.54. The van der Waals surface area contributed by atoms with Gasteiger partial charge in [0.2, 0.25) is 5.91 Å². The SMILES string of the molecule is CC(C)(C)OC(=O)N1C[C@H](O)C[C@H]2CNC(=O)[C@H]21. The smallest absolute Gasteiger partial charge is 0.411 e. The fourth-order valence-corrected chi connectivity index (χ4v) is 2.54. The Bertz CT molecular complexity index is 364. The summed E-state index contributed by atoms with van der Waals surface area (Å²) in [6.45, 7) is 6.00. The number of rotatable bonds is 0. The Morgan fingerprint density at radius 2 is 2.17 bits per heavy atom. The van der Waals surface area contributed by atoms with Crippen LogP contribution in [-0.4, -0.2) is 52.8 Å². The van der Waals surface area contributed by atoms with Crippen LogP contribution in [0.3, 0.4) is 0 Å². The van der Waals surface area contributed by atoms with Crippen molar-refractivity contribution in [2.24, 2.45) is 5.92 Å². The molecule has 2 heterocycles. The first-order valence-electron chi connectivity index (χ1n) is 6.23. The van der Waals surface area contributed by atoms with Gasteiger partial charge >= 0.3 is 6.09 Å². The number of hydrogen-bond donors (Lipinski definition) is 2. The summed E-state index contributed by atoms with van der Waals surface area (Å²) in [5.41, 5.74) is -0.607. The second-order valence-electron chi connectivity index (χ2n) is 5.97. The predicted molar refractivity (Wildman–Crippen MR) is 63.9 cm³/mol. The summed E-state index contributed by atoms with van der Waals surface area (Å²) in [4.78, 5) is 25.2. The van der Waals surface area contributed by atoms with Crippen molar-refractivity contribution in [2.75, 3.05) is 13.1 Å². The van der Waals surface area contributed by atoms with Gasteiger partial charge in [0, 0.05) is 12.5 Å². The quantitative estimate of drug-likeness (QED) is 0.644. The third-order valence-corrected chi connectivity index (χ3v) is 3.20. The van der Waals surface area contributed by atoms with Crippen molar-refractivity contribution in [2.45, 2.75) is 44.9 Å². The van der Waals surface area contributed by atoms with Crippen LogP contribution in [0.1, 0.15) is 27.2 Å².